The number of ether oxygens (including phenoxy) is 1. The number of amides is 1. The fourth-order valence-corrected chi connectivity index (χ4v) is 5.37. The van der Waals surface area contributed by atoms with Crippen LogP contribution < -0.4 is 0 Å². The van der Waals surface area contributed by atoms with Crippen LogP contribution in [0.3, 0.4) is 0 Å². The number of fused-ring (bicyclic) bond motifs is 1. The van der Waals surface area contributed by atoms with Gasteiger partial charge in [0.2, 0.25) is 0 Å². The number of carbonyl (C=O) groups excluding carboxylic acids is 1. The molecule has 0 unspecified atom stereocenters. The molecular formula is C26H26N4O3S. The van der Waals surface area contributed by atoms with Crippen LogP contribution in [0.5, 0.6) is 0 Å². The van der Waals surface area contributed by atoms with Gasteiger partial charge < -0.3 is 19.0 Å². The highest BCUT2D eigenvalue weighted by molar-refractivity contribution is 7.12. The van der Waals surface area contributed by atoms with E-state index in [4.69, 9.17) is 9.15 Å². The van der Waals surface area contributed by atoms with Crippen molar-refractivity contribution in [2.45, 2.75) is 13.0 Å². The second-order valence-corrected chi connectivity index (χ2v) is 9.67. The van der Waals surface area contributed by atoms with E-state index in [1.807, 2.05) is 41.1 Å². The molecule has 1 fully saturated rings. The maximum Gasteiger partial charge on any atom is 0.264 e. The van der Waals surface area contributed by atoms with E-state index in [-0.39, 0.29) is 5.91 Å². The number of pyridine rings is 1. The van der Waals surface area contributed by atoms with Gasteiger partial charge in [-0.25, -0.2) is 4.98 Å². The quantitative estimate of drug-likeness (QED) is 0.456. The van der Waals surface area contributed by atoms with Crippen LogP contribution in [0.15, 0.2) is 58.8 Å². The number of aromatic amines is 1. The first-order chi connectivity index (χ1) is 16.7. The molecule has 0 aromatic carbocycles. The van der Waals surface area contributed by atoms with Crippen molar-refractivity contribution >= 4 is 33.9 Å². The number of morpholine rings is 1. The number of thiophene rings is 1. The number of rotatable bonds is 5. The lowest BCUT2D eigenvalue weighted by molar-refractivity contribution is 0.0313. The van der Waals surface area contributed by atoms with Crippen LogP contribution >= 0.6 is 11.3 Å². The van der Waals surface area contributed by atoms with E-state index in [1.165, 1.54) is 16.9 Å². The van der Waals surface area contributed by atoms with Gasteiger partial charge in [0.1, 0.15) is 11.4 Å². The van der Waals surface area contributed by atoms with Gasteiger partial charge in [-0.05, 0) is 35.6 Å². The van der Waals surface area contributed by atoms with Crippen LogP contribution in [-0.2, 0) is 11.3 Å². The topological polar surface area (TPSA) is 74.6 Å². The summed E-state index contributed by atoms with van der Waals surface area (Å²) in [5.41, 5.74) is 5.35. The molecule has 1 saturated heterocycles. The van der Waals surface area contributed by atoms with Gasteiger partial charge in [-0.1, -0.05) is 12.1 Å². The summed E-state index contributed by atoms with van der Waals surface area (Å²) in [6.07, 6.45) is 8.73. The lowest BCUT2D eigenvalue weighted by atomic mass is 9.98. The zero-order valence-corrected chi connectivity index (χ0v) is 19.6. The normalized spacial score (nSPS) is 17.3. The Labute approximate surface area is 201 Å². The number of carbonyl (C=O) groups is 1. The molecule has 0 spiro atoms. The number of hydrogen-bond acceptors (Lipinski definition) is 6. The molecular weight excluding hydrogens is 448 g/mol. The summed E-state index contributed by atoms with van der Waals surface area (Å²) in [5, 5.41) is 3.04. The Hall–Kier alpha value is -3.20. The molecule has 0 saturated carbocycles. The molecule has 6 heterocycles. The maximum absolute atomic E-state index is 12.7. The van der Waals surface area contributed by atoms with Gasteiger partial charge in [0.25, 0.3) is 5.91 Å². The molecule has 1 N–H and O–H groups in total. The first-order valence-corrected chi connectivity index (χ1v) is 12.5. The van der Waals surface area contributed by atoms with Crippen LogP contribution in [0.1, 0.15) is 27.4 Å². The van der Waals surface area contributed by atoms with E-state index in [1.54, 1.807) is 0 Å². The number of H-pyrrole nitrogens is 1. The Morgan fingerprint density at radius 1 is 1.18 bits per heavy atom. The van der Waals surface area contributed by atoms with Crippen molar-refractivity contribution in [3.05, 3.63) is 70.6 Å². The molecule has 0 atom stereocenters. The van der Waals surface area contributed by atoms with Crippen LogP contribution in [0.4, 0.5) is 0 Å². The van der Waals surface area contributed by atoms with Gasteiger partial charge in [-0.15, -0.1) is 11.3 Å². The predicted octanol–water partition coefficient (Wildman–Crippen LogP) is 4.65. The Kier molecular flexibility index (Phi) is 5.78. The zero-order valence-electron chi connectivity index (χ0n) is 18.8. The Balaban J connectivity index is 1.21. The first-order valence-electron chi connectivity index (χ1n) is 11.6. The van der Waals surface area contributed by atoms with Crippen molar-refractivity contribution < 1.29 is 13.9 Å². The van der Waals surface area contributed by atoms with E-state index in [0.717, 1.165) is 84.2 Å². The second-order valence-electron chi connectivity index (χ2n) is 8.72. The number of aromatic nitrogens is 2. The SMILES string of the molecule is O=C(c1cccs1)N1CC=C(c2c[nH]c3ncc(-c4coc(CN5CCOCC5)c4)cc23)CC1. The summed E-state index contributed by atoms with van der Waals surface area (Å²) in [6, 6.07) is 8.10. The highest BCUT2D eigenvalue weighted by Gasteiger charge is 2.21. The molecule has 4 aromatic heterocycles. The Morgan fingerprint density at radius 3 is 2.88 bits per heavy atom. The molecule has 7 nitrogen and oxygen atoms in total. The van der Waals surface area contributed by atoms with E-state index in [0.29, 0.717) is 6.54 Å². The van der Waals surface area contributed by atoms with Crippen molar-refractivity contribution in [3.8, 4) is 11.1 Å². The minimum Gasteiger partial charge on any atom is -0.467 e. The molecule has 1 amide bonds. The highest BCUT2D eigenvalue weighted by Crippen LogP contribution is 2.32. The predicted molar refractivity (Wildman–Crippen MR) is 133 cm³/mol. The molecule has 34 heavy (non-hydrogen) atoms. The van der Waals surface area contributed by atoms with Crippen molar-refractivity contribution in [1.29, 1.82) is 0 Å². The smallest absolute Gasteiger partial charge is 0.264 e. The van der Waals surface area contributed by atoms with Gasteiger partial charge in [0, 0.05) is 60.6 Å². The van der Waals surface area contributed by atoms with Crippen molar-refractivity contribution in [2.75, 3.05) is 39.4 Å². The van der Waals surface area contributed by atoms with E-state index in [9.17, 15) is 4.79 Å². The largest absolute Gasteiger partial charge is 0.467 e. The van der Waals surface area contributed by atoms with Crippen molar-refractivity contribution in [3.63, 3.8) is 0 Å². The summed E-state index contributed by atoms with van der Waals surface area (Å²) in [5.74, 6) is 1.07. The van der Waals surface area contributed by atoms with Crippen LogP contribution in [-0.4, -0.2) is 65.1 Å². The van der Waals surface area contributed by atoms with E-state index in [2.05, 4.69) is 33.1 Å². The van der Waals surface area contributed by atoms with Crippen molar-refractivity contribution in [2.24, 2.45) is 0 Å². The standard InChI is InChI=1S/C26H26N4O3S/c31-26(24-2-1-11-34-24)30-5-3-18(4-6-30)23-15-28-25-22(23)13-19(14-27-25)20-12-21(33-17-20)16-29-7-9-32-10-8-29/h1-3,11-15,17H,4-10,16H2,(H,27,28). The third-order valence-corrected chi connectivity index (χ3v) is 7.43. The lowest BCUT2D eigenvalue weighted by Gasteiger charge is -2.26. The Morgan fingerprint density at radius 2 is 2.09 bits per heavy atom. The second kappa shape index (κ2) is 9.21. The van der Waals surface area contributed by atoms with Gasteiger partial charge in [0.15, 0.2) is 0 Å². The number of furan rings is 1. The number of nitrogens with zero attached hydrogens (tertiary/aromatic N) is 3. The monoisotopic (exact) mass is 474 g/mol. The molecule has 6 rings (SSSR count). The van der Waals surface area contributed by atoms with Gasteiger partial charge in [0.05, 0.1) is 30.9 Å². The fourth-order valence-electron chi connectivity index (χ4n) is 4.68. The van der Waals surface area contributed by atoms with E-state index < -0.39 is 0 Å². The molecule has 0 radical (unpaired) electrons. The summed E-state index contributed by atoms with van der Waals surface area (Å²) in [7, 11) is 0. The third-order valence-electron chi connectivity index (χ3n) is 6.58. The summed E-state index contributed by atoms with van der Waals surface area (Å²) in [6.45, 7) is 5.55. The summed E-state index contributed by atoms with van der Waals surface area (Å²) >= 11 is 1.49. The molecule has 2 aliphatic rings. The number of nitrogens with one attached hydrogen (secondary N) is 1. The van der Waals surface area contributed by atoms with Crippen LogP contribution in [0.2, 0.25) is 0 Å². The Bertz CT molecular complexity index is 1330. The van der Waals surface area contributed by atoms with E-state index >= 15 is 0 Å². The van der Waals surface area contributed by atoms with Crippen LogP contribution in [0.25, 0.3) is 27.7 Å². The summed E-state index contributed by atoms with van der Waals surface area (Å²) < 4.78 is 11.3. The maximum atomic E-state index is 12.7. The zero-order chi connectivity index (χ0) is 22.9. The average molecular weight is 475 g/mol. The minimum absolute atomic E-state index is 0.112. The first kappa shape index (κ1) is 21.3. The molecule has 4 aromatic rings. The van der Waals surface area contributed by atoms with Crippen molar-refractivity contribution in [1.82, 2.24) is 19.8 Å². The van der Waals surface area contributed by atoms with Gasteiger partial charge in [-0.2, -0.15) is 0 Å². The highest BCUT2D eigenvalue weighted by atomic mass is 32.1. The molecule has 0 bridgehead atoms. The molecule has 174 valence electrons. The fraction of sp³-hybridized carbons (Fsp3) is 0.308. The average Bonchev–Trinajstić information content (AvgIpc) is 3.65. The summed E-state index contributed by atoms with van der Waals surface area (Å²) in [4.78, 5) is 25.7. The molecule has 8 heteroatoms. The minimum atomic E-state index is 0.112. The van der Waals surface area contributed by atoms with Crippen LogP contribution in [0, 0.1) is 0 Å². The third kappa shape index (κ3) is 4.20. The molecule has 0 aliphatic carbocycles. The molecule has 2 aliphatic heterocycles. The van der Waals surface area contributed by atoms with Gasteiger partial charge in [-0.3, -0.25) is 9.69 Å². The van der Waals surface area contributed by atoms with Gasteiger partial charge >= 0.3 is 0 Å². The number of hydrogen-bond donors (Lipinski definition) is 1. The lowest BCUT2D eigenvalue weighted by Crippen LogP contribution is -2.35.